The Bertz CT molecular complexity index is 594. The highest BCUT2D eigenvalue weighted by Crippen LogP contribution is 2.32. The summed E-state index contributed by atoms with van der Waals surface area (Å²) in [4.78, 5) is 14.2. The fourth-order valence-electron chi connectivity index (χ4n) is 3.37. The van der Waals surface area contributed by atoms with Gasteiger partial charge in [0.05, 0.1) is 0 Å². The van der Waals surface area contributed by atoms with E-state index in [9.17, 15) is 18.0 Å². The first-order valence-electron chi connectivity index (χ1n) is 8.00. The quantitative estimate of drug-likeness (QED) is 0.864. The number of carbonyl (C=O) groups excluding carboxylic acids is 1. The van der Waals surface area contributed by atoms with Crippen molar-refractivity contribution in [1.82, 2.24) is 15.1 Å². The van der Waals surface area contributed by atoms with Crippen molar-refractivity contribution < 1.29 is 18.0 Å². The van der Waals surface area contributed by atoms with Gasteiger partial charge in [-0.1, -0.05) is 12.2 Å². The number of piperidine rings is 1. The van der Waals surface area contributed by atoms with Crippen LogP contribution in [-0.2, 0) is 11.0 Å². The number of alkyl halides is 3. The summed E-state index contributed by atoms with van der Waals surface area (Å²) in [5.41, 5.74) is -0.428. The zero-order valence-corrected chi connectivity index (χ0v) is 12.8. The van der Waals surface area contributed by atoms with Gasteiger partial charge in [0, 0.05) is 31.1 Å². The highest BCUT2D eigenvalue weighted by molar-refractivity contribution is 5.77. The first-order valence-corrected chi connectivity index (χ1v) is 8.00. The molecule has 0 unspecified atom stereocenters. The smallest absolute Gasteiger partial charge is 0.342 e. The third-order valence-electron chi connectivity index (χ3n) is 4.65. The zero-order valence-electron chi connectivity index (χ0n) is 12.8. The van der Waals surface area contributed by atoms with E-state index in [2.05, 4.69) is 22.3 Å². The fraction of sp³-hybridized carbons (Fsp3) is 0.625. The average molecular weight is 327 g/mol. The predicted molar refractivity (Wildman–Crippen MR) is 78.6 cm³/mol. The van der Waals surface area contributed by atoms with Gasteiger partial charge in [0.2, 0.25) is 5.91 Å². The van der Waals surface area contributed by atoms with Crippen LogP contribution in [-0.4, -0.2) is 34.1 Å². The molecule has 23 heavy (non-hydrogen) atoms. The van der Waals surface area contributed by atoms with E-state index in [-0.39, 0.29) is 11.8 Å². The molecular weight excluding hydrogens is 307 g/mol. The van der Waals surface area contributed by atoms with E-state index in [1.54, 1.807) is 4.90 Å². The molecule has 0 saturated carbocycles. The lowest BCUT2D eigenvalue weighted by molar-refractivity contribution is -0.141. The van der Waals surface area contributed by atoms with Crippen molar-refractivity contribution in [3.8, 4) is 0 Å². The Kier molecular flexibility index (Phi) is 4.46. The van der Waals surface area contributed by atoms with E-state index in [1.807, 2.05) is 0 Å². The molecule has 1 aliphatic heterocycles. The van der Waals surface area contributed by atoms with Crippen LogP contribution >= 0.6 is 0 Å². The van der Waals surface area contributed by atoms with Crippen molar-refractivity contribution in [3.63, 3.8) is 0 Å². The minimum atomic E-state index is -4.44. The maximum absolute atomic E-state index is 12.6. The number of hydrogen-bond donors (Lipinski definition) is 1. The van der Waals surface area contributed by atoms with Crippen molar-refractivity contribution in [2.45, 2.75) is 44.2 Å². The van der Waals surface area contributed by atoms with Crippen LogP contribution in [0.3, 0.4) is 0 Å². The molecule has 2 heterocycles. The van der Waals surface area contributed by atoms with E-state index < -0.39 is 11.9 Å². The van der Waals surface area contributed by atoms with Crippen LogP contribution < -0.4 is 0 Å². The van der Waals surface area contributed by atoms with Crippen LogP contribution in [0.2, 0.25) is 0 Å². The molecule has 7 heteroatoms. The summed E-state index contributed by atoms with van der Waals surface area (Å²) in [6.45, 7) is 1.15. The van der Waals surface area contributed by atoms with Crippen LogP contribution in [0, 0.1) is 5.92 Å². The number of rotatable bonds is 3. The molecule has 1 amide bonds. The number of amides is 1. The van der Waals surface area contributed by atoms with Gasteiger partial charge < -0.3 is 4.90 Å². The summed E-state index contributed by atoms with van der Waals surface area (Å²) in [5.74, 6) is 0.309. The van der Waals surface area contributed by atoms with Crippen LogP contribution in [0.4, 0.5) is 13.2 Å². The van der Waals surface area contributed by atoms with Crippen molar-refractivity contribution in [3.05, 3.63) is 29.6 Å². The molecule has 1 aromatic heterocycles. The summed E-state index contributed by atoms with van der Waals surface area (Å²) >= 11 is 0. The van der Waals surface area contributed by atoms with Gasteiger partial charge in [-0.3, -0.25) is 9.89 Å². The van der Waals surface area contributed by atoms with Crippen LogP contribution in [0.5, 0.6) is 0 Å². The number of nitrogens with zero attached hydrogens (tertiary/aromatic N) is 2. The first kappa shape index (κ1) is 16.1. The molecule has 126 valence electrons. The van der Waals surface area contributed by atoms with Gasteiger partial charge in [-0.2, -0.15) is 18.3 Å². The van der Waals surface area contributed by atoms with Crippen molar-refractivity contribution in [2.24, 2.45) is 5.92 Å². The Morgan fingerprint density at radius 3 is 2.87 bits per heavy atom. The summed E-state index contributed by atoms with van der Waals surface area (Å²) in [6.07, 6.45) is 3.86. The standard InChI is InChI=1S/C16H20F3N3O/c17-16(18,19)14-9-13(20-21-14)12-6-3-7-22(10-12)15(23)8-11-4-1-2-5-11/h1,4,9,11-12H,2-3,5-8,10H2,(H,20,21)/t11-,12-/m0/s1. The molecular formula is C16H20F3N3O. The highest BCUT2D eigenvalue weighted by atomic mass is 19.4. The first-order chi connectivity index (χ1) is 10.9. The average Bonchev–Trinajstić information content (AvgIpc) is 3.18. The maximum atomic E-state index is 12.6. The third-order valence-corrected chi connectivity index (χ3v) is 4.65. The second-order valence-corrected chi connectivity index (χ2v) is 6.35. The molecule has 0 bridgehead atoms. The minimum absolute atomic E-state index is 0.0989. The van der Waals surface area contributed by atoms with E-state index in [1.165, 1.54) is 0 Å². The van der Waals surface area contributed by atoms with E-state index in [0.717, 1.165) is 31.7 Å². The van der Waals surface area contributed by atoms with Gasteiger partial charge in [0.1, 0.15) is 0 Å². The lowest BCUT2D eigenvalue weighted by atomic mass is 9.93. The molecule has 1 aliphatic carbocycles. The number of aromatic nitrogens is 2. The zero-order chi connectivity index (χ0) is 16.4. The van der Waals surface area contributed by atoms with Gasteiger partial charge in [0.25, 0.3) is 0 Å². The predicted octanol–water partition coefficient (Wildman–Crippen LogP) is 3.49. The summed E-state index contributed by atoms with van der Waals surface area (Å²) in [5, 5.41) is 5.85. The Balaban J connectivity index is 1.62. The summed E-state index contributed by atoms with van der Waals surface area (Å²) < 4.78 is 37.9. The second-order valence-electron chi connectivity index (χ2n) is 6.35. The monoisotopic (exact) mass is 327 g/mol. The van der Waals surface area contributed by atoms with E-state index >= 15 is 0 Å². The molecule has 2 aliphatic rings. The molecule has 1 aromatic rings. The fourth-order valence-corrected chi connectivity index (χ4v) is 3.37. The van der Waals surface area contributed by atoms with Crippen molar-refractivity contribution in [2.75, 3.05) is 13.1 Å². The van der Waals surface area contributed by atoms with Crippen LogP contribution in [0.15, 0.2) is 18.2 Å². The van der Waals surface area contributed by atoms with Crippen molar-refractivity contribution in [1.29, 1.82) is 0 Å². The number of aromatic amines is 1. The normalized spacial score (nSPS) is 25.1. The minimum Gasteiger partial charge on any atom is -0.342 e. The Labute approximate surface area is 132 Å². The largest absolute Gasteiger partial charge is 0.435 e. The number of hydrogen-bond acceptors (Lipinski definition) is 2. The number of likely N-dealkylation sites (tertiary alicyclic amines) is 1. The van der Waals surface area contributed by atoms with Crippen LogP contribution in [0.1, 0.15) is 49.4 Å². The van der Waals surface area contributed by atoms with Gasteiger partial charge in [-0.15, -0.1) is 0 Å². The van der Waals surface area contributed by atoms with Crippen LogP contribution in [0.25, 0.3) is 0 Å². The molecule has 2 atom stereocenters. The van der Waals surface area contributed by atoms with Crippen molar-refractivity contribution >= 4 is 5.91 Å². The molecule has 1 N–H and O–H groups in total. The van der Waals surface area contributed by atoms with Gasteiger partial charge >= 0.3 is 6.18 Å². The lowest BCUT2D eigenvalue weighted by Crippen LogP contribution is -2.39. The lowest BCUT2D eigenvalue weighted by Gasteiger charge is -2.32. The summed E-state index contributed by atoms with van der Waals surface area (Å²) in [7, 11) is 0. The third kappa shape index (κ3) is 3.76. The van der Waals surface area contributed by atoms with Gasteiger partial charge in [-0.25, -0.2) is 0 Å². The Morgan fingerprint density at radius 1 is 1.39 bits per heavy atom. The molecule has 0 aromatic carbocycles. The molecule has 4 nitrogen and oxygen atoms in total. The maximum Gasteiger partial charge on any atom is 0.435 e. The second kappa shape index (κ2) is 6.37. The number of allylic oxidation sites excluding steroid dienone is 2. The summed E-state index contributed by atoms with van der Waals surface area (Å²) in [6, 6.07) is 1.07. The molecule has 0 radical (unpaired) electrons. The molecule has 3 rings (SSSR count). The van der Waals surface area contributed by atoms with Gasteiger partial charge in [0.15, 0.2) is 5.69 Å². The Morgan fingerprint density at radius 2 is 2.22 bits per heavy atom. The molecule has 1 saturated heterocycles. The number of carbonyl (C=O) groups is 1. The highest BCUT2D eigenvalue weighted by Gasteiger charge is 2.35. The van der Waals surface area contributed by atoms with Gasteiger partial charge in [-0.05, 0) is 37.7 Å². The molecule has 1 fully saturated rings. The molecule has 0 spiro atoms. The Hall–Kier alpha value is -1.79. The number of halogens is 3. The van der Waals surface area contributed by atoms with E-state index in [4.69, 9.17) is 0 Å². The topological polar surface area (TPSA) is 49.0 Å². The SMILES string of the molecule is O=C(C[C@H]1C=CCC1)N1CCC[C@H](c2cc(C(F)(F)F)n[nH]2)C1. The number of nitrogens with one attached hydrogen (secondary N) is 1. The number of H-pyrrole nitrogens is 1. The van der Waals surface area contributed by atoms with E-state index in [0.29, 0.717) is 31.1 Å².